The van der Waals surface area contributed by atoms with Crippen molar-refractivity contribution in [1.82, 2.24) is 0 Å². The molecule has 0 saturated heterocycles. The number of benzene rings is 1. The topological polar surface area (TPSA) is 18.5 Å². The van der Waals surface area contributed by atoms with Crippen LogP contribution in [-0.4, -0.2) is 18.1 Å². The Morgan fingerprint density at radius 3 is 2.35 bits per heavy atom. The maximum Gasteiger partial charge on any atom is 0.189 e. The second-order valence-corrected chi connectivity index (χ2v) is 12.8. The Morgan fingerprint density at radius 2 is 1.74 bits per heavy atom. The summed E-state index contributed by atoms with van der Waals surface area (Å²) in [4.78, 5) is 2.49. The number of hydrogen-bond acceptors (Lipinski definition) is 2. The summed E-state index contributed by atoms with van der Waals surface area (Å²) >= 11 is 0. The Morgan fingerprint density at radius 1 is 1.03 bits per heavy atom. The molecule has 0 amide bonds. The molecule has 4 saturated carbocycles. The molecule has 2 nitrogen and oxygen atoms in total. The fraction of sp³-hybridized carbons (Fsp3) is 0.484. The first-order valence-electron chi connectivity index (χ1n) is 13.0. The average Bonchev–Trinajstić information content (AvgIpc) is 2.84. The molecule has 0 aromatic heterocycles. The molecular formula is C31H39O2S+. The highest BCUT2D eigenvalue weighted by atomic mass is 32.2. The third-order valence-electron chi connectivity index (χ3n) is 8.17. The third-order valence-corrected chi connectivity index (χ3v) is 10.6. The van der Waals surface area contributed by atoms with Crippen LogP contribution in [0, 0.1) is 23.7 Å². The van der Waals surface area contributed by atoms with Crippen LogP contribution in [0.15, 0.2) is 94.5 Å². The van der Waals surface area contributed by atoms with Crippen LogP contribution in [0.1, 0.15) is 52.4 Å². The first-order chi connectivity index (χ1) is 16.6. The summed E-state index contributed by atoms with van der Waals surface area (Å²) in [6.07, 6.45) is 21.6. The van der Waals surface area contributed by atoms with E-state index in [1.807, 2.05) is 6.92 Å². The molecule has 0 heterocycles. The lowest BCUT2D eigenvalue weighted by molar-refractivity contribution is -0.165. The fourth-order valence-corrected chi connectivity index (χ4v) is 9.29. The maximum absolute atomic E-state index is 6.39. The van der Waals surface area contributed by atoms with Gasteiger partial charge in [-0.1, -0.05) is 36.4 Å². The van der Waals surface area contributed by atoms with Gasteiger partial charge in [-0.05, 0) is 112 Å². The largest absolute Gasteiger partial charge is 0.468 e. The highest BCUT2D eigenvalue weighted by molar-refractivity contribution is 8.01. The van der Waals surface area contributed by atoms with Crippen molar-refractivity contribution in [2.75, 3.05) is 6.79 Å². The first kappa shape index (κ1) is 23.8. The normalized spacial score (nSPS) is 33.2. The molecule has 5 aliphatic rings. The van der Waals surface area contributed by atoms with E-state index in [9.17, 15) is 0 Å². The number of rotatable bonds is 9. The minimum atomic E-state index is -0.0932. The van der Waals surface area contributed by atoms with Gasteiger partial charge in [0.1, 0.15) is 5.76 Å². The van der Waals surface area contributed by atoms with Gasteiger partial charge in [0.05, 0.1) is 17.0 Å². The zero-order valence-electron chi connectivity index (χ0n) is 20.7. The molecule has 0 aliphatic heterocycles. The number of allylic oxidation sites excluding steroid dienone is 6. The van der Waals surface area contributed by atoms with E-state index in [1.165, 1.54) is 37.0 Å². The van der Waals surface area contributed by atoms with Gasteiger partial charge >= 0.3 is 0 Å². The molecule has 4 bridgehead atoms. The van der Waals surface area contributed by atoms with Crippen molar-refractivity contribution >= 4 is 10.9 Å². The predicted octanol–water partition coefficient (Wildman–Crippen LogP) is 7.73. The van der Waals surface area contributed by atoms with Crippen LogP contribution in [0.2, 0.25) is 0 Å². The van der Waals surface area contributed by atoms with Crippen molar-refractivity contribution in [3.05, 3.63) is 89.6 Å². The quantitative estimate of drug-likeness (QED) is 0.157. The van der Waals surface area contributed by atoms with Gasteiger partial charge in [-0.3, -0.25) is 0 Å². The molecule has 2 unspecified atom stereocenters. The standard InChI is InChI=1S/C31H39O2S/c1-4-30(32-21-33-31-26-17-24-16-25(19-26)20-27(31)18-24)22(2)15-23(3)34(28-11-7-5-8-12-28)29-13-9-6-10-14-29/h4-13,15,24-27,29,31H,3,14,16-21H2,1-2H3/q+1/b22-15-,30-4-. The van der Waals surface area contributed by atoms with Crippen molar-refractivity contribution in [2.24, 2.45) is 23.7 Å². The van der Waals surface area contributed by atoms with Gasteiger partial charge in [0.25, 0.3) is 0 Å². The van der Waals surface area contributed by atoms with E-state index in [4.69, 9.17) is 9.47 Å². The Kier molecular flexibility index (Phi) is 7.51. The number of ether oxygens (including phenoxy) is 2. The molecule has 0 spiro atoms. The van der Waals surface area contributed by atoms with Crippen molar-refractivity contribution in [3.63, 3.8) is 0 Å². The van der Waals surface area contributed by atoms with Gasteiger partial charge in [0.15, 0.2) is 21.8 Å². The molecule has 180 valence electrons. The molecule has 5 aliphatic carbocycles. The molecule has 34 heavy (non-hydrogen) atoms. The monoisotopic (exact) mass is 475 g/mol. The van der Waals surface area contributed by atoms with Crippen LogP contribution in [0.25, 0.3) is 0 Å². The van der Waals surface area contributed by atoms with E-state index in [1.54, 1.807) is 0 Å². The Hall–Kier alpha value is -1.97. The fourth-order valence-electron chi connectivity index (χ4n) is 6.94. The zero-order chi connectivity index (χ0) is 23.5. The Balaban J connectivity index is 1.22. The van der Waals surface area contributed by atoms with Gasteiger partial charge in [0, 0.05) is 6.42 Å². The minimum Gasteiger partial charge on any atom is -0.468 e. The van der Waals surface area contributed by atoms with Gasteiger partial charge in [-0.25, -0.2) is 0 Å². The van der Waals surface area contributed by atoms with Crippen molar-refractivity contribution in [2.45, 2.75) is 68.6 Å². The van der Waals surface area contributed by atoms with Crippen molar-refractivity contribution < 1.29 is 9.47 Å². The Bertz CT molecular complexity index is 958. The highest BCUT2D eigenvalue weighted by Gasteiger charge is 2.48. The summed E-state index contributed by atoms with van der Waals surface area (Å²) < 4.78 is 12.6. The highest BCUT2D eigenvalue weighted by Crippen LogP contribution is 2.54. The van der Waals surface area contributed by atoms with Crippen molar-refractivity contribution in [1.29, 1.82) is 0 Å². The maximum atomic E-state index is 6.39. The lowest BCUT2D eigenvalue weighted by Gasteiger charge is -2.53. The first-order valence-corrected chi connectivity index (χ1v) is 14.3. The second-order valence-electron chi connectivity index (χ2n) is 10.5. The third kappa shape index (κ3) is 5.16. The van der Waals surface area contributed by atoms with Gasteiger partial charge < -0.3 is 9.47 Å². The van der Waals surface area contributed by atoms with Crippen LogP contribution in [-0.2, 0) is 20.4 Å². The summed E-state index contributed by atoms with van der Waals surface area (Å²) in [6.45, 7) is 9.06. The average molecular weight is 476 g/mol. The van der Waals surface area contributed by atoms with Crippen LogP contribution in [0.3, 0.4) is 0 Å². The molecular weight excluding hydrogens is 436 g/mol. The summed E-state index contributed by atoms with van der Waals surface area (Å²) in [5, 5.41) is 0.444. The lowest BCUT2D eigenvalue weighted by Crippen LogP contribution is -2.49. The second kappa shape index (κ2) is 10.7. The summed E-state index contributed by atoms with van der Waals surface area (Å²) in [5.41, 5.74) is 1.12. The summed E-state index contributed by atoms with van der Waals surface area (Å²) in [5.74, 6) is 4.36. The number of hydrogen-bond donors (Lipinski definition) is 0. The molecule has 1 aromatic rings. The molecule has 0 radical (unpaired) electrons. The summed E-state index contributed by atoms with van der Waals surface area (Å²) in [7, 11) is -0.0932. The van der Waals surface area contributed by atoms with Gasteiger partial charge in [-0.15, -0.1) is 0 Å². The SMILES string of the molecule is C=C(/C=C(C)\C(=C\C)OCOC1C2CC3CC(C2)CC1C3)[S+](c1ccccc1)C1C=CC=CC1. The van der Waals surface area contributed by atoms with Gasteiger partial charge in [0.2, 0.25) is 0 Å². The van der Waals surface area contributed by atoms with E-state index >= 15 is 0 Å². The van der Waals surface area contributed by atoms with Crippen LogP contribution < -0.4 is 0 Å². The Labute approximate surface area is 208 Å². The van der Waals surface area contributed by atoms with Gasteiger partial charge in [-0.2, -0.15) is 0 Å². The molecule has 4 fully saturated rings. The molecule has 6 rings (SSSR count). The molecule has 3 heteroatoms. The van der Waals surface area contributed by atoms with Crippen LogP contribution in [0.5, 0.6) is 0 Å². The van der Waals surface area contributed by atoms with Crippen LogP contribution in [0.4, 0.5) is 0 Å². The lowest BCUT2D eigenvalue weighted by atomic mass is 9.55. The van der Waals surface area contributed by atoms with E-state index in [2.05, 4.69) is 80.3 Å². The smallest absolute Gasteiger partial charge is 0.189 e. The zero-order valence-corrected chi connectivity index (χ0v) is 21.5. The molecule has 1 aromatic carbocycles. The van der Waals surface area contributed by atoms with E-state index < -0.39 is 0 Å². The van der Waals surface area contributed by atoms with E-state index in [-0.39, 0.29) is 10.9 Å². The predicted molar refractivity (Wildman–Crippen MR) is 143 cm³/mol. The minimum absolute atomic E-state index is 0.0932. The van der Waals surface area contributed by atoms with E-state index in [0.717, 1.165) is 46.3 Å². The van der Waals surface area contributed by atoms with Crippen LogP contribution >= 0.6 is 0 Å². The molecule has 2 atom stereocenters. The van der Waals surface area contributed by atoms with Crippen molar-refractivity contribution in [3.8, 4) is 0 Å². The van der Waals surface area contributed by atoms with E-state index in [0.29, 0.717) is 18.1 Å². The molecule has 0 N–H and O–H groups in total. The summed E-state index contributed by atoms with van der Waals surface area (Å²) in [6, 6.07) is 10.8.